The van der Waals surface area contributed by atoms with Gasteiger partial charge in [-0.1, -0.05) is 0 Å². The van der Waals surface area contributed by atoms with E-state index < -0.39 is 17.8 Å². The van der Waals surface area contributed by atoms with E-state index in [-0.39, 0.29) is 5.69 Å². The number of carbonyl (C=O) groups is 1. The lowest BCUT2D eigenvalue weighted by Crippen LogP contribution is -2.36. The van der Waals surface area contributed by atoms with Crippen molar-refractivity contribution in [1.29, 1.82) is 0 Å². The normalized spacial score (nSPS) is 14.8. The van der Waals surface area contributed by atoms with Gasteiger partial charge in [-0.2, -0.15) is 13.2 Å². The van der Waals surface area contributed by atoms with E-state index in [1.165, 1.54) is 22.3 Å². The Morgan fingerprint density at radius 3 is 2.61 bits per heavy atom. The first-order valence-electron chi connectivity index (χ1n) is 8.84. The van der Waals surface area contributed by atoms with Crippen LogP contribution in [0.2, 0.25) is 0 Å². The number of thiophene rings is 1. The van der Waals surface area contributed by atoms with Crippen molar-refractivity contribution in [2.24, 2.45) is 0 Å². The minimum Gasteiger partial charge on any atom is -0.378 e. The molecule has 0 unspecified atom stereocenters. The molecule has 9 heteroatoms. The number of carbonyl (C=O) groups excluding carboxylic acids is 1. The number of halogens is 3. The third kappa shape index (κ3) is 4.77. The quantitative estimate of drug-likeness (QED) is 0.798. The Hall–Kier alpha value is -2.26. The molecule has 1 aliphatic heterocycles. The fraction of sp³-hybridized carbons (Fsp3) is 0.421. The number of urea groups is 1. The second-order valence-corrected chi connectivity index (χ2v) is 7.64. The molecule has 28 heavy (non-hydrogen) atoms. The molecule has 1 aromatic heterocycles. The van der Waals surface area contributed by atoms with Crippen LogP contribution in [0.15, 0.2) is 29.6 Å². The van der Waals surface area contributed by atoms with Crippen LogP contribution in [0.25, 0.3) is 0 Å². The summed E-state index contributed by atoms with van der Waals surface area (Å²) in [5, 5.41) is 4.33. The standard InChI is InChI=1S/C19H22F3N3O2S/c1-13-5-10-28-17(13)12-24(2)18(26)23-16-4-3-14(11-15(16)19(20,21)22)25-6-8-27-9-7-25/h3-5,10-11H,6-9,12H2,1-2H3,(H,23,26). The monoisotopic (exact) mass is 413 g/mol. The van der Waals surface area contributed by atoms with Crippen LogP contribution in [-0.2, 0) is 17.5 Å². The summed E-state index contributed by atoms with van der Waals surface area (Å²) in [4.78, 5) is 16.7. The molecule has 5 nitrogen and oxygen atoms in total. The first kappa shape index (κ1) is 20.5. The van der Waals surface area contributed by atoms with Gasteiger partial charge < -0.3 is 19.9 Å². The van der Waals surface area contributed by atoms with E-state index in [0.29, 0.717) is 38.5 Å². The number of nitrogens with zero attached hydrogens (tertiary/aromatic N) is 2. The van der Waals surface area contributed by atoms with E-state index >= 15 is 0 Å². The molecule has 0 aliphatic carbocycles. The molecule has 0 atom stereocenters. The van der Waals surface area contributed by atoms with Gasteiger partial charge in [-0.3, -0.25) is 0 Å². The van der Waals surface area contributed by atoms with Crippen molar-refractivity contribution < 1.29 is 22.7 Å². The Morgan fingerprint density at radius 2 is 2.00 bits per heavy atom. The Kier molecular flexibility index (Phi) is 6.14. The zero-order valence-corrected chi connectivity index (χ0v) is 16.5. The van der Waals surface area contributed by atoms with Gasteiger partial charge >= 0.3 is 12.2 Å². The van der Waals surface area contributed by atoms with Crippen molar-refractivity contribution in [3.63, 3.8) is 0 Å². The van der Waals surface area contributed by atoms with Crippen LogP contribution in [0, 0.1) is 6.92 Å². The average Bonchev–Trinajstić information content (AvgIpc) is 3.06. The summed E-state index contributed by atoms with van der Waals surface area (Å²) in [6.45, 7) is 4.30. The van der Waals surface area contributed by atoms with Crippen LogP contribution in [0.5, 0.6) is 0 Å². The second kappa shape index (κ2) is 8.40. The number of morpholine rings is 1. The van der Waals surface area contributed by atoms with Gasteiger partial charge in [0.15, 0.2) is 0 Å². The molecule has 2 heterocycles. The lowest BCUT2D eigenvalue weighted by atomic mass is 10.1. The number of hydrogen-bond acceptors (Lipinski definition) is 4. The van der Waals surface area contributed by atoms with Gasteiger partial charge in [-0.15, -0.1) is 11.3 Å². The molecule has 0 spiro atoms. The number of ether oxygens (including phenoxy) is 1. The lowest BCUT2D eigenvalue weighted by Gasteiger charge is -2.30. The number of nitrogens with one attached hydrogen (secondary N) is 1. The van der Waals surface area contributed by atoms with Gasteiger partial charge in [0.1, 0.15) is 0 Å². The Morgan fingerprint density at radius 1 is 1.29 bits per heavy atom. The van der Waals surface area contributed by atoms with Gasteiger partial charge in [-0.05, 0) is 42.1 Å². The average molecular weight is 413 g/mol. The summed E-state index contributed by atoms with van der Waals surface area (Å²) < 4.78 is 46.0. The summed E-state index contributed by atoms with van der Waals surface area (Å²) in [6, 6.07) is 5.36. The molecule has 0 radical (unpaired) electrons. The zero-order valence-electron chi connectivity index (χ0n) is 15.7. The van der Waals surface area contributed by atoms with E-state index in [4.69, 9.17) is 4.74 Å². The minimum atomic E-state index is -4.58. The number of hydrogen-bond donors (Lipinski definition) is 1. The van der Waals surface area contributed by atoms with E-state index in [1.54, 1.807) is 13.1 Å². The Labute approximate surface area is 165 Å². The third-order valence-electron chi connectivity index (χ3n) is 4.62. The maximum Gasteiger partial charge on any atom is 0.418 e. The molecule has 1 N–H and O–H groups in total. The molecule has 152 valence electrons. The fourth-order valence-electron chi connectivity index (χ4n) is 2.96. The first-order valence-corrected chi connectivity index (χ1v) is 9.72. The molecule has 0 saturated carbocycles. The fourth-order valence-corrected chi connectivity index (χ4v) is 3.92. The predicted molar refractivity (Wildman–Crippen MR) is 104 cm³/mol. The maximum atomic E-state index is 13.6. The highest BCUT2D eigenvalue weighted by Gasteiger charge is 2.35. The van der Waals surface area contributed by atoms with E-state index in [0.717, 1.165) is 16.5 Å². The van der Waals surface area contributed by atoms with E-state index in [2.05, 4.69) is 5.32 Å². The highest BCUT2D eigenvalue weighted by atomic mass is 32.1. The topological polar surface area (TPSA) is 44.8 Å². The summed E-state index contributed by atoms with van der Waals surface area (Å²) in [5.41, 5.74) is 0.418. The number of benzene rings is 1. The van der Waals surface area contributed by atoms with Crippen LogP contribution in [0.1, 0.15) is 16.0 Å². The van der Waals surface area contributed by atoms with Crippen molar-refractivity contribution in [3.05, 3.63) is 45.6 Å². The summed E-state index contributed by atoms with van der Waals surface area (Å²) in [5.74, 6) is 0. The van der Waals surface area contributed by atoms with Gasteiger partial charge in [0.25, 0.3) is 0 Å². The van der Waals surface area contributed by atoms with Crippen LogP contribution >= 0.6 is 11.3 Å². The van der Waals surface area contributed by atoms with Crippen molar-refractivity contribution in [2.75, 3.05) is 43.6 Å². The highest BCUT2D eigenvalue weighted by molar-refractivity contribution is 7.10. The number of aryl methyl sites for hydroxylation is 1. The number of alkyl halides is 3. The SMILES string of the molecule is Cc1ccsc1CN(C)C(=O)Nc1ccc(N2CCOCC2)cc1C(F)(F)F. The predicted octanol–water partition coefficient (Wildman–Crippen LogP) is 4.58. The molecular weight excluding hydrogens is 391 g/mol. The van der Waals surface area contributed by atoms with Crippen molar-refractivity contribution >= 4 is 28.7 Å². The molecule has 1 fully saturated rings. The van der Waals surface area contributed by atoms with Crippen LogP contribution in [-0.4, -0.2) is 44.3 Å². The second-order valence-electron chi connectivity index (χ2n) is 6.64. The highest BCUT2D eigenvalue weighted by Crippen LogP contribution is 2.37. The Balaban J connectivity index is 1.78. The van der Waals surface area contributed by atoms with E-state index in [1.807, 2.05) is 23.3 Å². The molecular formula is C19H22F3N3O2S. The molecule has 0 bridgehead atoms. The number of amides is 2. The van der Waals surface area contributed by atoms with Gasteiger partial charge in [-0.25, -0.2) is 4.79 Å². The molecule has 3 rings (SSSR count). The van der Waals surface area contributed by atoms with Gasteiger partial charge in [0.2, 0.25) is 0 Å². The summed E-state index contributed by atoms with van der Waals surface area (Å²) in [6.07, 6.45) is -4.58. The van der Waals surface area contributed by atoms with Crippen molar-refractivity contribution in [2.45, 2.75) is 19.6 Å². The molecule has 2 aromatic rings. The third-order valence-corrected chi connectivity index (χ3v) is 5.63. The maximum absolute atomic E-state index is 13.6. The molecule has 1 aliphatic rings. The number of rotatable bonds is 4. The number of anilines is 2. The van der Waals surface area contributed by atoms with Gasteiger partial charge in [0, 0.05) is 30.7 Å². The Bertz CT molecular complexity index is 832. The van der Waals surface area contributed by atoms with Crippen LogP contribution < -0.4 is 10.2 Å². The molecule has 2 amide bonds. The first-order chi connectivity index (χ1) is 13.3. The smallest absolute Gasteiger partial charge is 0.378 e. The minimum absolute atomic E-state index is 0.246. The molecule has 1 aromatic carbocycles. The van der Waals surface area contributed by atoms with Gasteiger partial charge in [0.05, 0.1) is 31.0 Å². The van der Waals surface area contributed by atoms with Crippen molar-refractivity contribution in [3.8, 4) is 0 Å². The summed E-state index contributed by atoms with van der Waals surface area (Å²) >= 11 is 1.51. The summed E-state index contributed by atoms with van der Waals surface area (Å²) in [7, 11) is 1.56. The van der Waals surface area contributed by atoms with Crippen LogP contribution in [0.3, 0.4) is 0 Å². The molecule has 1 saturated heterocycles. The van der Waals surface area contributed by atoms with Crippen LogP contribution in [0.4, 0.5) is 29.3 Å². The zero-order chi connectivity index (χ0) is 20.3. The van der Waals surface area contributed by atoms with E-state index in [9.17, 15) is 18.0 Å². The largest absolute Gasteiger partial charge is 0.418 e. The van der Waals surface area contributed by atoms with Crippen molar-refractivity contribution in [1.82, 2.24) is 4.90 Å². The lowest BCUT2D eigenvalue weighted by molar-refractivity contribution is -0.136.